The van der Waals surface area contributed by atoms with Gasteiger partial charge in [0.1, 0.15) is 0 Å². The van der Waals surface area contributed by atoms with Gasteiger partial charge in [0.25, 0.3) is 0 Å². The summed E-state index contributed by atoms with van der Waals surface area (Å²) < 4.78 is 1.21. The molecule has 1 aromatic rings. The standard InChI is InChI=1S/C12H17BrN2S/c13-10-5-11(16-8-10)6-14-12-2-4-15-3-1-9(12)7-15/h5,8-9,12,14H,1-4,6-7H2. The lowest BCUT2D eigenvalue weighted by Gasteiger charge is -2.31. The topological polar surface area (TPSA) is 15.3 Å². The molecule has 0 aliphatic carbocycles. The van der Waals surface area contributed by atoms with Gasteiger partial charge in [-0.1, -0.05) is 0 Å². The first-order valence-corrected chi connectivity index (χ1v) is 7.67. The summed E-state index contributed by atoms with van der Waals surface area (Å²) in [5.41, 5.74) is 0. The molecule has 3 rings (SSSR count). The van der Waals surface area contributed by atoms with Crippen LogP contribution in [0.15, 0.2) is 15.9 Å². The fourth-order valence-electron chi connectivity index (χ4n) is 2.90. The molecular formula is C12H17BrN2S. The molecule has 16 heavy (non-hydrogen) atoms. The average molecular weight is 301 g/mol. The normalized spacial score (nSPS) is 33.2. The molecule has 0 amide bonds. The van der Waals surface area contributed by atoms with Crippen molar-refractivity contribution < 1.29 is 0 Å². The number of halogens is 1. The van der Waals surface area contributed by atoms with Crippen molar-refractivity contribution >= 4 is 27.3 Å². The molecule has 0 aromatic carbocycles. The Kier molecular flexibility index (Phi) is 3.34. The summed E-state index contributed by atoms with van der Waals surface area (Å²) in [6.07, 6.45) is 2.73. The number of nitrogens with one attached hydrogen (secondary N) is 1. The highest BCUT2D eigenvalue weighted by Gasteiger charge is 2.33. The molecule has 0 spiro atoms. The second-order valence-electron chi connectivity index (χ2n) is 4.86. The van der Waals surface area contributed by atoms with Gasteiger partial charge >= 0.3 is 0 Å². The summed E-state index contributed by atoms with van der Waals surface area (Å²) in [5.74, 6) is 0.900. The van der Waals surface area contributed by atoms with Crippen molar-refractivity contribution in [3.63, 3.8) is 0 Å². The van der Waals surface area contributed by atoms with E-state index in [9.17, 15) is 0 Å². The molecule has 0 saturated carbocycles. The number of hydrogen-bond acceptors (Lipinski definition) is 3. The van der Waals surface area contributed by atoms with E-state index in [-0.39, 0.29) is 0 Å². The lowest BCUT2D eigenvalue weighted by atomic mass is 9.94. The number of nitrogens with zero attached hydrogens (tertiary/aromatic N) is 1. The Bertz CT molecular complexity index is 366. The van der Waals surface area contributed by atoms with E-state index in [4.69, 9.17) is 0 Å². The van der Waals surface area contributed by atoms with E-state index in [1.807, 2.05) is 11.3 Å². The summed E-state index contributed by atoms with van der Waals surface area (Å²) in [6, 6.07) is 2.97. The fourth-order valence-corrected chi connectivity index (χ4v) is 4.30. The molecule has 3 unspecified atom stereocenters. The third-order valence-electron chi connectivity index (χ3n) is 3.79. The van der Waals surface area contributed by atoms with Crippen molar-refractivity contribution in [2.45, 2.75) is 25.4 Å². The second kappa shape index (κ2) is 4.77. The lowest BCUT2D eigenvalue weighted by Crippen LogP contribution is -2.43. The van der Waals surface area contributed by atoms with Gasteiger partial charge in [-0.3, -0.25) is 0 Å². The van der Waals surface area contributed by atoms with Crippen LogP contribution in [0.4, 0.5) is 0 Å². The van der Waals surface area contributed by atoms with Gasteiger partial charge in [0.2, 0.25) is 0 Å². The average Bonchev–Trinajstić information content (AvgIpc) is 2.86. The van der Waals surface area contributed by atoms with Crippen molar-refractivity contribution in [2.75, 3.05) is 19.6 Å². The zero-order valence-corrected chi connectivity index (χ0v) is 11.7. The van der Waals surface area contributed by atoms with E-state index >= 15 is 0 Å². The first kappa shape index (κ1) is 11.2. The van der Waals surface area contributed by atoms with Crippen molar-refractivity contribution in [1.29, 1.82) is 0 Å². The van der Waals surface area contributed by atoms with E-state index in [1.54, 1.807) is 0 Å². The Morgan fingerprint density at radius 2 is 2.31 bits per heavy atom. The minimum absolute atomic E-state index is 0.750. The Morgan fingerprint density at radius 1 is 1.44 bits per heavy atom. The minimum Gasteiger partial charge on any atom is -0.309 e. The first-order valence-electron chi connectivity index (χ1n) is 6.00. The molecule has 2 fully saturated rings. The van der Waals surface area contributed by atoms with Crippen LogP contribution in [-0.4, -0.2) is 30.6 Å². The van der Waals surface area contributed by atoms with E-state index in [2.05, 4.69) is 37.6 Å². The van der Waals surface area contributed by atoms with Crippen molar-refractivity contribution in [2.24, 2.45) is 5.92 Å². The Morgan fingerprint density at radius 3 is 3.12 bits per heavy atom. The molecule has 2 nitrogen and oxygen atoms in total. The molecule has 4 heteroatoms. The molecule has 88 valence electrons. The lowest BCUT2D eigenvalue weighted by molar-refractivity contribution is 0.220. The van der Waals surface area contributed by atoms with Crippen LogP contribution in [0.5, 0.6) is 0 Å². The number of rotatable bonds is 3. The van der Waals surface area contributed by atoms with Gasteiger partial charge in [-0.25, -0.2) is 0 Å². The summed E-state index contributed by atoms with van der Waals surface area (Å²) >= 11 is 5.34. The Balaban J connectivity index is 1.55. The van der Waals surface area contributed by atoms with E-state index in [1.165, 1.54) is 41.8 Å². The quantitative estimate of drug-likeness (QED) is 0.923. The van der Waals surface area contributed by atoms with Crippen LogP contribution >= 0.6 is 27.3 Å². The van der Waals surface area contributed by atoms with Gasteiger partial charge in [-0.2, -0.15) is 0 Å². The Hall–Kier alpha value is 0.1000. The number of thiophene rings is 1. The second-order valence-corrected chi connectivity index (χ2v) is 6.77. The smallest absolute Gasteiger partial charge is 0.0302 e. The van der Waals surface area contributed by atoms with E-state index in [0.717, 1.165) is 18.5 Å². The van der Waals surface area contributed by atoms with Crippen LogP contribution in [0.25, 0.3) is 0 Å². The minimum atomic E-state index is 0.750. The van der Waals surface area contributed by atoms with Crippen molar-refractivity contribution in [3.8, 4) is 0 Å². The highest BCUT2D eigenvalue weighted by Crippen LogP contribution is 2.27. The number of piperidine rings is 1. The molecule has 2 bridgehead atoms. The van der Waals surface area contributed by atoms with Gasteiger partial charge in [0.05, 0.1) is 0 Å². The summed E-state index contributed by atoms with van der Waals surface area (Å²) in [5, 5.41) is 5.90. The largest absolute Gasteiger partial charge is 0.309 e. The van der Waals surface area contributed by atoms with Gasteiger partial charge in [-0.05, 0) is 53.8 Å². The van der Waals surface area contributed by atoms with Crippen LogP contribution in [0.2, 0.25) is 0 Å². The zero-order valence-electron chi connectivity index (χ0n) is 9.29. The predicted molar refractivity (Wildman–Crippen MR) is 71.8 cm³/mol. The maximum absolute atomic E-state index is 3.74. The Labute approximate surface area is 109 Å². The molecule has 3 heterocycles. The van der Waals surface area contributed by atoms with Crippen LogP contribution in [-0.2, 0) is 6.54 Å². The maximum Gasteiger partial charge on any atom is 0.0302 e. The highest BCUT2D eigenvalue weighted by molar-refractivity contribution is 9.10. The maximum atomic E-state index is 3.74. The third kappa shape index (κ3) is 2.35. The molecular weight excluding hydrogens is 284 g/mol. The fraction of sp³-hybridized carbons (Fsp3) is 0.667. The predicted octanol–water partition coefficient (Wildman–Crippen LogP) is 2.69. The third-order valence-corrected chi connectivity index (χ3v) is 5.49. The SMILES string of the molecule is Brc1csc(CNC2CCN3CCC2C3)c1. The van der Waals surface area contributed by atoms with Gasteiger partial charge in [0, 0.05) is 33.9 Å². The van der Waals surface area contributed by atoms with Crippen LogP contribution in [0, 0.1) is 5.92 Å². The summed E-state index contributed by atoms with van der Waals surface area (Å²) in [7, 11) is 0. The van der Waals surface area contributed by atoms with E-state index in [0.29, 0.717) is 0 Å². The van der Waals surface area contributed by atoms with Gasteiger partial charge < -0.3 is 10.2 Å². The molecule has 2 saturated heterocycles. The highest BCUT2D eigenvalue weighted by atomic mass is 79.9. The van der Waals surface area contributed by atoms with Gasteiger partial charge in [0.15, 0.2) is 0 Å². The molecule has 3 atom stereocenters. The molecule has 1 aromatic heterocycles. The number of hydrogen-bond donors (Lipinski definition) is 1. The van der Waals surface area contributed by atoms with Crippen molar-refractivity contribution in [1.82, 2.24) is 10.2 Å². The monoisotopic (exact) mass is 300 g/mol. The molecule has 2 aliphatic heterocycles. The zero-order chi connectivity index (χ0) is 11.0. The summed E-state index contributed by atoms with van der Waals surface area (Å²) in [4.78, 5) is 4.04. The van der Waals surface area contributed by atoms with Crippen LogP contribution < -0.4 is 5.32 Å². The van der Waals surface area contributed by atoms with Crippen molar-refractivity contribution in [3.05, 3.63) is 20.8 Å². The molecule has 0 radical (unpaired) electrons. The van der Waals surface area contributed by atoms with Crippen LogP contribution in [0.3, 0.4) is 0 Å². The van der Waals surface area contributed by atoms with Crippen LogP contribution in [0.1, 0.15) is 17.7 Å². The first-order chi connectivity index (χ1) is 7.81. The number of fused-ring (bicyclic) bond motifs is 2. The summed E-state index contributed by atoms with van der Waals surface area (Å²) in [6.45, 7) is 4.99. The van der Waals surface area contributed by atoms with E-state index < -0.39 is 0 Å². The molecule has 2 aliphatic rings. The molecule has 1 N–H and O–H groups in total. The van der Waals surface area contributed by atoms with Gasteiger partial charge in [-0.15, -0.1) is 11.3 Å².